The number of carbonyl (C=O) groups is 1. The number of hydrogen-bond acceptors (Lipinski definition) is 7. The minimum absolute atomic E-state index is 0.0690. The molecule has 8 rings (SSSR count). The largest absolute Gasteiger partial charge is 0.349 e. The van der Waals surface area contributed by atoms with Crippen molar-refractivity contribution < 1.29 is 33.2 Å². The van der Waals surface area contributed by atoms with Gasteiger partial charge in [0.15, 0.2) is 18.9 Å². The van der Waals surface area contributed by atoms with E-state index in [4.69, 9.17) is 28.4 Å². The number of ether oxygens (including phenoxy) is 6. The highest BCUT2D eigenvalue weighted by atomic mass is 16.8. The first kappa shape index (κ1) is 46.7. The summed E-state index contributed by atoms with van der Waals surface area (Å²) < 4.78 is 42.5. The summed E-state index contributed by atoms with van der Waals surface area (Å²) >= 11 is 0. The fraction of sp³-hybridized carbons (Fsp3) is 0.944. The van der Waals surface area contributed by atoms with Gasteiger partial charge in [0.25, 0.3) is 0 Å². The van der Waals surface area contributed by atoms with Gasteiger partial charge in [-0.15, -0.1) is 0 Å². The number of hydrogen-bond donors (Lipinski definition) is 0. The van der Waals surface area contributed by atoms with Crippen molar-refractivity contribution in [3.05, 3.63) is 11.6 Å². The van der Waals surface area contributed by atoms with E-state index in [1.165, 1.54) is 38.4 Å². The number of allylic oxidation sites excluding steroid dienone is 2. The molecule has 3 heterocycles. The van der Waals surface area contributed by atoms with Crippen molar-refractivity contribution in [3.8, 4) is 0 Å². The highest BCUT2D eigenvalue weighted by Crippen LogP contribution is 2.70. The lowest BCUT2D eigenvalue weighted by atomic mass is 9.38. The molecule has 0 N–H and O–H groups in total. The van der Waals surface area contributed by atoms with Crippen molar-refractivity contribution in [2.24, 2.45) is 92.7 Å². The Morgan fingerprint density at radius 1 is 0.607 bits per heavy atom. The molecule has 5 aliphatic carbocycles. The van der Waals surface area contributed by atoms with Gasteiger partial charge >= 0.3 is 0 Å². The zero-order valence-electron chi connectivity index (χ0n) is 41.4. The van der Waals surface area contributed by atoms with E-state index in [2.05, 4.69) is 110 Å². The fourth-order valence-corrected chi connectivity index (χ4v) is 15.9. The van der Waals surface area contributed by atoms with Crippen molar-refractivity contribution >= 4 is 6.29 Å². The van der Waals surface area contributed by atoms with Crippen LogP contribution in [0.5, 0.6) is 0 Å². The van der Waals surface area contributed by atoms with E-state index >= 15 is 0 Å². The molecule has 3 aliphatic heterocycles. The lowest BCUT2D eigenvalue weighted by Gasteiger charge is -2.66. The molecule has 0 amide bonds. The van der Waals surface area contributed by atoms with E-state index in [1.807, 2.05) is 0 Å². The molecule has 24 atom stereocenters. The van der Waals surface area contributed by atoms with Crippen LogP contribution in [0.2, 0.25) is 0 Å². The average Bonchev–Trinajstić information content (AvgIpc) is 3.22. The van der Waals surface area contributed by atoms with Crippen molar-refractivity contribution in [1.29, 1.82) is 0 Å². The molecule has 7 heteroatoms. The summed E-state index contributed by atoms with van der Waals surface area (Å²) in [6, 6.07) is 0. The van der Waals surface area contributed by atoms with Crippen molar-refractivity contribution in [2.45, 2.75) is 230 Å². The summed E-state index contributed by atoms with van der Waals surface area (Å²) in [7, 11) is 0. The maximum Gasteiger partial charge on any atom is 0.187 e. The average molecular weight is 851 g/mol. The van der Waals surface area contributed by atoms with Crippen LogP contribution in [0.4, 0.5) is 0 Å². The van der Waals surface area contributed by atoms with Crippen LogP contribution in [0.25, 0.3) is 0 Å². The Morgan fingerprint density at radius 3 is 1.92 bits per heavy atom. The van der Waals surface area contributed by atoms with Gasteiger partial charge in [0, 0.05) is 23.2 Å². The van der Waals surface area contributed by atoms with Gasteiger partial charge in [-0.25, -0.2) is 0 Å². The Bertz CT molecular complexity index is 1590. The van der Waals surface area contributed by atoms with E-state index in [1.54, 1.807) is 5.57 Å². The molecule has 0 spiro atoms. The first-order valence-corrected chi connectivity index (χ1v) is 25.8. The highest BCUT2D eigenvalue weighted by molar-refractivity contribution is 5.62. The van der Waals surface area contributed by atoms with Crippen LogP contribution in [0.3, 0.4) is 0 Å². The molecule has 0 aromatic heterocycles. The van der Waals surface area contributed by atoms with Crippen LogP contribution in [-0.2, 0) is 33.2 Å². The Balaban J connectivity index is 1.05. The predicted molar refractivity (Wildman–Crippen MR) is 242 cm³/mol. The Hall–Kier alpha value is -0.830. The molecule has 7 nitrogen and oxygen atoms in total. The van der Waals surface area contributed by atoms with Gasteiger partial charge in [-0.2, -0.15) is 0 Å². The quantitative estimate of drug-likeness (QED) is 0.137. The van der Waals surface area contributed by atoms with Crippen LogP contribution in [0, 0.1) is 92.7 Å². The molecule has 0 aromatic carbocycles. The van der Waals surface area contributed by atoms with Gasteiger partial charge in [0.1, 0.15) is 12.4 Å². The molecule has 10 unspecified atom stereocenters. The van der Waals surface area contributed by atoms with Crippen molar-refractivity contribution in [3.63, 3.8) is 0 Å². The standard InChI is InChI=1S/C54H90O7/c1-16-43-32(5)30(3)34(7)49(58-43)61-47-46(60-48-33(6)29(2)31(4)37(10)56-48)35(8)38(11)57-50(47)59-44-21-23-52(14)40(36(44)9)19-22-53(15)41-20-24-54(28-55)26-25-51(12,13)27-42(54)39(41)17-18-45(52)53/h17,28-38,40-50H,16,18-27H2,1-15H3/t29?,30-,31+,32+,33?,34?,35+,36?,37-,38?,40-,41+,42?,43?,44-,45?,46-,47?,48-,49-,50-,52?,53+,54-/m0/s1. The molecule has 4 saturated carbocycles. The molecule has 0 radical (unpaired) electrons. The summed E-state index contributed by atoms with van der Waals surface area (Å²) in [6.07, 6.45) is 14.8. The normalized spacial score (nSPS) is 55.9. The summed E-state index contributed by atoms with van der Waals surface area (Å²) in [5.74, 6) is 5.04. The van der Waals surface area contributed by atoms with Crippen molar-refractivity contribution in [2.75, 3.05) is 0 Å². The van der Waals surface area contributed by atoms with Crippen molar-refractivity contribution in [1.82, 2.24) is 0 Å². The Labute approximate surface area is 372 Å². The molecular formula is C54H90O7. The van der Waals surface area contributed by atoms with Gasteiger partial charge in [0.05, 0.1) is 30.5 Å². The van der Waals surface area contributed by atoms with E-state index in [0.717, 1.165) is 38.5 Å². The summed E-state index contributed by atoms with van der Waals surface area (Å²) in [4.78, 5) is 12.9. The lowest BCUT2D eigenvalue weighted by Crippen LogP contribution is -2.62. The molecule has 348 valence electrons. The van der Waals surface area contributed by atoms with E-state index in [9.17, 15) is 4.79 Å². The third-order valence-electron chi connectivity index (χ3n) is 21.3. The summed E-state index contributed by atoms with van der Waals surface area (Å²) in [5, 5.41) is 0. The van der Waals surface area contributed by atoms with E-state index in [0.29, 0.717) is 58.7 Å². The lowest BCUT2D eigenvalue weighted by molar-refractivity contribution is -0.376. The summed E-state index contributed by atoms with van der Waals surface area (Å²) in [5.41, 5.74) is 2.35. The topological polar surface area (TPSA) is 72.5 Å². The Morgan fingerprint density at radius 2 is 1.23 bits per heavy atom. The third kappa shape index (κ3) is 7.83. The monoisotopic (exact) mass is 851 g/mol. The molecule has 0 aromatic rings. The molecule has 8 aliphatic rings. The molecule has 7 fully saturated rings. The maximum absolute atomic E-state index is 12.9. The second-order valence-electron chi connectivity index (χ2n) is 24.7. The maximum atomic E-state index is 12.9. The summed E-state index contributed by atoms with van der Waals surface area (Å²) in [6.45, 7) is 35.5. The second kappa shape index (κ2) is 17.1. The number of fused-ring (bicyclic) bond motifs is 7. The Kier molecular flexibility index (Phi) is 13.1. The molecule has 61 heavy (non-hydrogen) atoms. The van der Waals surface area contributed by atoms with Gasteiger partial charge in [-0.3, -0.25) is 0 Å². The second-order valence-corrected chi connectivity index (χ2v) is 24.7. The smallest absolute Gasteiger partial charge is 0.187 e. The zero-order chi connectivity index (χ0) is 44.1. The van der Waals surface area contributed by atoms with Gasteiger partial charge in [-0.05, 0) is 154 Å². The van der Waals surface area contributed by atoms with Gasteiger partial charge < -0.3 is 33.2 Å². The van der Waals surface area contributed by atoms with E-state index < -0.39 is 12.4 Å². The first-order chi connectivity index (χ1) is 28.7. The SMILES string of the molecule is CCC1O[C@@H](OC2[C@H](O[C@H]3CCC4(C)C5CC=C6C7CC(C)(C)CC[C@]7(C=O)CC[C@H]6[C@@]5(C)CC[C@H]4C3C)OC(C)[C@@H](C)[C@@H]2O[C@@H]2O[C@@H](C)[C@H](C)C(C)C2C)C(C)[C@@H](C)[C@H]1C. The first-order valence-electron chi connectivity index (χ1n) is 25.8. The molecule has 3 saturated heterocycles. The zero-order valence-corrected chi connectivity index (χ0v) is 41.4. The molecular weight excluding hydrogens is 761 g/mol. The van der Waals surface area contributed by atoms with Crippen LogP contribution in [0.15, 0.2) is 11.6 Å². The molecule has 0 bridgehead atoms. The van der Waals surface area contributed by atoms with Crippen LogP contribution < -0.4 is 0 Å². The minimum atomic E-state index is -0.569. The van der Waals surface area contributed by atoms with Crippen LogP contribution >= 0.6 is 0 Å². The predicted octanol–water partition coefficient (Wildman–Crippen LogP) is 12.4. The van der Waals surface area contributed by atoms with Crippen LogP contribution in [0.1, 0.15) is 174 Å². The highest BCUT2D eigenvalue weighted by Gasteiger charge is 2.64. The van der Waals surface area contributed by atoms with Gasteiger partial charge in [0.2, 0.25) is 0 Å². The number of rotatable bonds is 8. The van der Waals surface area contributed by atoms with Crippen LogP contribution in [-0.4, -0.2) is 61.8 Å². The van der Waals surface area contributed by atoms with Gasteiger partial charge in [-0.1, -0.05) is 102 Å². The number of aldehydes is 1. The minimum Gasteiger partial charge on any atom is -0.349 e. The van der Waals surface area contributed by atoms with E-state index in [-0.39, 0.29) is 77.1 Å². The third-order valence-corrected chi connectivity index (χ3v) is 21.3. The number of carbonyl (C=O) groups excluding carboxylic acids is 1. The fourth-order valence-electron chi connectivity index (χ4n) is 15.9.